The summed E-state index contributed by atoms with van der Waals surface area (Å²) >= 11 is 1.41. The first-order valence-electron chi connectivity index (χ1n) is 8.42. The fraction of sp³-hybridized carbons (Fsp3) is 0.471. The van der Waals surface area contributed by atoms with E-state index in [0.717, 1.165) is 18.1 Å². The number of thioether (sulfide) groups is 1. The predicted molar refractivity (Wildman–Crippen MR) is 96.1 cm³/mol. The number of hydrogen-bond donors (Lipinski definition) is 1. The van der Waals surface area contributed by atoms with Gasteiger partial charge in [-0.2, -0.15) is 0 Å². The molecule has 0 aliphatic carbocycles. The molecule has 7 nitrogen and oxygen atoms in total. The second-order valence-corrected chi connectivity index (χ2v) is 7.14. The molecule has 1 aliphatic rings. The summed E-state index contributed by atoms with van der Waals surface area (Å²) in [5, 5.41) is 11.5. The van der Waals surface area contributed by atoms with Crippen molar-refractivity contribution in [1.29, 1.82) is 0 Å². The molecule has 1 aromatic heterocycles. The summed E-state index contributed by atoms with van der Waals surface area (Å²) in [6.07, 6.45) is 5.14. The van der Waals surface area contributed by atoms with Crippen LogP contribution in [0.4, 0.5) is 5.69 Å². The van der Waals surface area contributed by atoms with Gasteiger partial charge in [-0.15, -0.1) is 10.2 Å². The Morgan fingerprint density at radius 3 is 3.04 bits per heavy atom. The molecule has 0 spiro atoms. The summed E-state index contributed by atoms with van der Waals surface area (Å²) in [5.74, 6) is 1.25. The molecule has 3 rings (SSSR count). The summed E-state index contributed by atoms with van der Waals surface area (Å²) in [6, 6.07) is 5.36. The molecule has 134 valence electrons. The van der Waals surface area contributed by atoms with Gasteiger partial charge in [-0.05, 0) is 25.5 Å². The number of carbonyl (C=O) groups excluding carboxylic acids is 1. The molecule has 25 heavy (non-hydrogen) atoms. The van der Waals surface area contributed by atoms with Crippen LogP contribution in [0.2, 0.25) is 0 Å². The monoisotopic (exact) mass is 362 g/mol. The highest BCUT2D eigenvalue weighted by Crippen LogP contribution is 2.34. The number of amides is 1. The minimum Gasteiger partial charge on any atom is -0.454 e. The molecular formula is C17H22N4O3S. The van der Waals surface area contributed by atoms with Crippen LogP contribution in [0.1, 0.15) is 33.1 Å². The van der Waals surface area contributed by atoms with Gasteiger partial charge in [0.05, 0.1) is 5.25 Å². The van der Waals surface area contributed by atoms with Crippen molar-refractivity contribution in [3.05, 3.63) is 24.5 Å². The fourth-order valence-corrected chi connectivity index (χ4v) is 3.30. The zero-order valence-electron chi connectivity index (χ0n) is 14.4. The smallest absolute Gasteiger partial charge is 0.237 e. The third-order valence-corrected chi connectivity index (χ3v) is 4.97. The Labute approximate surface area is 151 Å². The van der Waals surface area contributed by atoms with Crippen LogP contribution in [0.3, 0.4) is 0 Å². The van der Waals surface area contributed by atoms with E-state index in [9.17, 15) is 4.79 Å². The van der Waals surface area contributed by atoms with Crippen LogP contribution in [0.25, 0.3) is 0 Å². The number of ether oxygens (including phenoxy) is 2. The van der Waals surface area contributed by atoms with Gasteiger partial charge in [-0.25, -0.2) is 0 Å². The first kappa shape index (κ1) is 17.6. The van der Waals surface area contributed by atoms with Crippen LogP contribution >= 0.6 is 11.8 Å². The van der Waals surface area contributed by atoms with E-state index < -0.39 is 0 Å². The number of hydrogen-bond acceptors (Lipinski definition) is 6. The maximum absolute atomic E-state index is 12.4. The molecule has 0 radical (unpaired) electrons. The number of nitrogens with zero attached hydrogens (tertiary/aromatic N) is 3. The first-order chi connectivity index (χ1) is 12.2. The van der Waals surface area contributed by atoms with Crippen molar-refractivity contribution in [1.82, 2.24) is 14.8 Å². The van der Waals surface area contributed by atoms with E-state index in [-0.39, 0.29) is 18.0 Å². The lowest BCUT2D eigenvalue weighted by atomic mass is 10.2. The van der Waals surface area contributed by atoms with Gasteiger partial charge in [0.1, 0.15) is 6.33 Å². The Morgan fingerprint density at radius 1 is 1.36 bits per heavy atom. The van der Waals surface area contributed by atoms with Gasteiger partial charge in [0, 0.05) is 18.3 Å². The van der Waals surface area contributed by atoms with Gasteiger partial charge in [0.25, 0.3) is 0 Å². The van der Waals surface area contributed by atoms with Crippen molar-refractivity contribution in [3.63, 3.8) is 0 Å². The second-order valence-electron chi connectivity index (χ2n) is 5.83. The van der Waals surface area contributed by atoms with E-state index in [1.165, 1.54) is 24.6 Å². The van der Waals surface area contributed by atoms with Crippen molar-refractivity contribution < 1.29 is 14.3 Å². The highest BCUT2D eigenvalue weighted by atomic mass is 32.2. The summed E-state index contributed by atoms with van der Waals surface area (Å²) in [7, 11) is 0. The number of rotatable bonds is 8. The molecule has 1 atom stereocenters. The third-order valence-electron chi connectivity index (χ3n) is 3.87. The van der Waals surface area contributed by atoms with Crippen molar-refractivity contribution in [2.75, 3.05) is 12.1 Å². The van der Waals surface area contributed by atoms with Gasteiger partial charge in [-0.1, -0.05) is 31.5 Å². The van der Waals surface area contributed by atoms with Crippen molar-refractivity contribution in [2.24, 2.45) is 0 Å². The largest absolute Gasteiger partial charge is 0.454 e. The average Bonchev–Trinajstić information content (AvgIpc) is 3.24. The highest BCUT2D eigenvalue weighted by molar-refractivity contribution is 8.00. The molecule has 1 aromatic carbocycles. The number of nitrogens with one attached hydrogen (secondary N) is 1. The zero-order chi connectivity index (χ0) is 17.6. The van der Waals surface area contributed by atoms with Gasteiger partial charge in [-0.3, -0.25) is 4.79 Å². The normalized spacial score (nSPS) is 13.7. The Kier molecular flexibility index (Phi) is 5.80. The molecule has 1 N–H and O–H groups in total. The van der Waals surface area contributed by atoms with Crippen LogP contribution < -0.4 is 14.8 Å². The van der Waals surface area contributed by atoms with Crippen molar-refractivity contribution in [2.45, 2.75) is 50.1 Å². The lowest BCUT2D eigenvalue weighted by Crippen LogP contribution is -2.22. The summed E-state index contributed by atoms with van der Waals surface area (Å²) in [6.45, 7) is 5.12. The molecule has 0 fully saturated rings. The first-order valence-corrected chi connectivity index (χ1v) is 9.30. The van der Waals surface area contributed by atoms with Crippen LogP contribution in [-0.4, -0.2) is 32.7 Å². The predicted octanol–water partition coefficient (Wildman–Crippen LogP) is 3.32. The Bertz CT molecular complexity index is 734. The molecule has 2 aromatic rings. The van der Waals surface area contributed by atoms with E-state index in [4.69, 9.17) is 9.47 Å². The topological polar surface area (TPSA) is 78.3 Å². The van der Waals surface area contributed by atoms with Gasteiger partial charge < -0.3 is 19.4 Å². The van der Waals surface area contributed by atoms with E-state index in [2.05, 4.69) is 22.4 Å². The van der Waals surface area contributed by atoms with Gasteiger partial charge in [0.2, 0.25) is 12.7 Å². The Morgan fingerprint density at radius 2 is 2.20 bits per heavy atom. The Balaban J connectivity index is 1.57. The number of benzene rings is 1. The van der Waals surface area contributed by atoms with Gasteiger partial charge >= 0.3 is 0 Å². The van der Waals surface area contributed by atoms with Crippen molar-refractivity contribution >= 4 is 23.4 Å². The zero-order valence-corrected chi connectivity index (χ0v) is 15.2. The second kappa shape index (κ2) is 8.24. The summed E-state index contributed by atoms with van der Waals surface area (Å²) in [5.41, 5.74) is 0.686. The molecular weight excluding hydrogens is 340 g/mol. The molecule has 8 heteroatoms. The third kappa shape index (κ3) is 4.45. The number of anilines is 1. The van der Waals surface area contributed by atoms with E-state index in [1.54, 1.807) is 24.5 Å². The number of unbranched alkanes of at least 4 members (excludes halogenated alkanes) is 2. The van der Waals surface area contributed by atoms with Crippen molar-refractivity contribution in [3.8, 4) is 11.5 Å². The number of aromatic nitrogens is 3. The van der Waals surface area contributed by atoms with Crippen LogP contribution in [0, 0.1) is 0 Å². The molecule has 0 saturated carbocycles. The van der Waals surface area contributed by atoms with Crippen LogP contribution in [0.5, 0.6) is 11.5 Å². The van der Waals surface area contributed by atoms with E-state index in [0.29, 0.717) is 17.2 Å². The molecule has 0 saturated heterocycles. The fourth-order valence-electron chi connectivity index (χ4n) is 2.45. The standard InChI is InChI=1S/C17H22N4O3S/c1-3-4-5-8-21-10-18-20-17(21)25-12(2)16(22)19-13-6-7-14-15(9-13)24-11-23-14/h6-7,9-10,12H,3-5,8,11H2,1-2H3,(H,19,22)/t12-/m1/s1. The van der Waals surface area contributed by atoms with Gasteiger partial charge in [0.15, 0.2) is 16.7 Å². The summed E-state index contributed by atoms with van der Waals surface area (Å²) < 4.78 is 12.6. The number of aryl methyl sites for hydroxylation is 1. The molecule has 0 bridgehead atoms. The minimum atomic E-state index is -0.292. The lowest BCUT2D eigenvalue weighted by molar-refractivity contribution is -0.115. The van der Waals surface area contributed by atoms with Crippen LogP contribution in [-0.2, 0) is 11.3 Å². The van der Waals surface area contributed by atoms with E-state index >= 15 is 0 Å². The minimum absolute atomic E-state index is 0.0908. The van der Waals surface area contributed by atoms with Crippen LogP contribution in [0.15, 0.2) is 29.7 Å². The summed E-state index contributed by atoms with van der Waals surface area (Å²) in [4.78, 5) is 12.4. The SMILES string of the molecule is CCCCCn1cnnc1S[C@H](C)C(=O)Nc1ccc2c(c1)OCO2. The molecule has 0 unspecified atom stereocenters. The number of carbonyl (C=O) groups is 1. The average molecular weight is 362 g/mol. The lowest BCUT2D eigenvalue weighted by Gasteiger charge is -2.12. The molecule has 1 amide bonds. The maximum atomic E-state index is 12.4. The number of fused-ring (bicyclic) bond motifs is 1. The molecule has 2 heterocycles. The van der Waals surface area contributed by atoms with E-state index in [1.807, 2.05) is 11.5 Å². The Hall–Kier alpha value is -2.22. The maximum Gasteiger partial charge on any atom is 0.237 e. The quantitative estimate of drug-likeness (QED) is 0.573. The molecule has 1 aliphatic heterocycles. The highest BCUT2D eigenvalue weighted by Gasteiger charge is 2.19.